The molecule has 0 spiro atoms. The Bertz CT molecular complexity index is 545. The van der Waals surface area contributed by atoms with Gasteiger partial charge in [0.25, 0.3) is 5.56 Å². The molecular weight excluding hydrogens is 194 g/mol. The first-order valence-electron chi connectivity index (χ1n) is 4.50. The lowest BCUT2D eigenvalue weighted by atomic mass is 10.2. The van der Waals surface area contributed by atoms with E-state index in [9.17, 15) is 4.79 Å². The van der Waals surface area contributed by atoms with Crippen molar-refractivity contribution in [3.8, 4) is 5.75 Å². The smallest absolute Gasteiger partial charge is 0.283 e. The number of ether oxygens (including phenoxy) is 1. The fraction of sp³-hybridized carbons (Fsp3) is 0.182. The van der Waals surface area contributed by atoms with Crippen molar-refractivity contribution < 1.29 is 9.57 Å². The van der Waals surface area contributed by atoms with Crippen LogP contribution in [0.3, 0.4) is 0 Å². The minimum atomic E-state index is -0.185. The summed E-state index contributed by atoms with van der Waals surface area (Å²) in [7, 11) is 3.07. The number of rotatable bonds is 2. The molecule has 0 aliphatic heterocycles. The Kier molecular flexibility index (Phi) is 2.33. The second-order valence-corrected chi connectivity index (χ2v) is 3.07. The van der Waals surface area contributed by atoms with Gasteiger partial charge in [-0.25, -0.2) is 0 Å². The minimum Gasteiger partial charge on any atom is -0.497 e. The molecule has 78 valence electrons. The van der Waals surface area contributed by atoms with Crippen LogP contribution in [0.2, 0.25) is 0 Å². The maximum Gasteiger partial charge on any atom is 0.283 e. The molecule has 0 aliphatic rings. The molecule has 2 rings (SSSR count). The molecule has 0 unspecified atom stereocenters. The van der Waals surface area contributed by atoms with Crippen LogP contribution in [0.4, 0.5) is 0 Å². The van der Waals surface area contributed by atoms with Crippen LogP contribution in [0, 0.1) is 0 Å². The molecule has 0 bridgehead atoms. The zero-order chi connectivity index (χ0) is 10.8. The normalized spacial score (nSPS) is 10.3. The topological polar surface area (TPSA) is 40.5 Å². The zero-order valence-corrected chi connectivity index (χ0v) is 8.56. The van der Waals surface area contributed by atoms with Crippen LogP contribution in [-0.2, 0) is 0 Å². The van der Waals surface area contributed by atoms with Gasteiger partial charge in [-0.05, 0) is 24.3 Å². The van der Waals surface area contributed by atoms with E-state index in [0.29, 0.717) is 0 Å². The van der Waals surface area contributed by atoms with Gasteiger partial charge in [0.05, 0.1) is 12.6 Å². The van der Waals surface area contributed by atoms with Crippen molar-refractivity contribution in [1.82, 2.24) is 4.73 Å². The molecular formula is C11H11NO3. The summed E-state index contributed by atoms with van der Waals surface area (Å²) in [5.41, 5.74) is 0.543. The molecule has 0 saturated carbocycles. The van der Waals surface area contributed by atoms with E-state index in [4.69, 9.17) is 9.57 Å². The molecule has 1 heterocycles. The Balaban J connectivity index is 2.78. The van der Waals surface area contributed by atoms with Crippen molar-refractivity contribution in [2.24, 2.45) is 0 Å². The highest BCUT2D eigenvalue weighted by Gasteiger charge is 2.03. The van der Waals surface area contributed by atoms with Crippen molar-refractivity contribution in [2.75, 3.05) is 14.2 Å². The van der Waals surface area contributed by atoms with Crippen LogP contribution in [0.1, 0.15) is 0 Å². The summed E-state index contributed by atoms with van der Waals surface area (Å²) < 4.78 is 6.34. The van der Waals surface area contributed by atoms with E-state index in [2.05, 4.69) is 0 Å². The third kappa shape index (κ3) is 1.54. The van der Waals surface area contributed by atoms with E-state index in [-0.39, 0.29) is 5.56 Å². The van der Waals surface area contributed by atoms with Gasteiger partial charge in [0.15, 0.2) is 0 Å². The van der Waals surface area contributed by atoms with Crippen molar-refractivity contribution in [3.05, 3.63) is 40.7 Å². The molecule has 15 heavy (non-hydrogen) atoms. The minimum absolute atomic E-state index is 0.185. The number of fused-ring (bicyclic) bond motifs is 1. The molecule has 2 aromatic rings. The van der Waals surface area contributed by atoms with Crippen molar-refractivity contribution >= 4 is 10.9 Å². The third-order valence-corrected chi connectivity index (χ3v) is 2.24. The standard InChI is InChI=1S/C11H11NO3/c1-14-9-4-5-10-8(7-9)3-6-11(13)12(10)15-2/h3-7H,1-2H3. The Morgan fingerprint density at radius 2 is 1.93 bits per heavy atom. The van der Waals surface area contributed by atoms with E-state index >= 15 is 0 Å². The molecule has 0 aliphatic carbocycles. The highest BCUT2D eigenvalue weighted by Crippen LogP contribution is 2.18. The predicted octanol–water partition coefficient (Wildman–Crippen LogP) is 1.07. The largest absolute Gasteiger partial charge is 0.497 e. The molecule has 0 radical (unpaired) electrons. The number of methoxy groups -OCH3 is 1. The van der Waals surface area contributed by atoms with Crippen LogP contribution in [0.5, 0.6) is 5.75 Å². The van der Waals surface area contributed by atoms with Gasteiger partial charge in [0, 0.05) is 11.5 Å². The van der Waals surface area contributed by atoms with Gasteiger partial charge in [-0.15, -0.1) is 4.73 Å². The first kappa shape index (κ1) is 9.58. The molecule has 0 N–H and O–H groups in total. The number of nitrogens with zero attached hydrogens (tertiary/aromatic N) is 1. The van der Waals surface area contributed by atoms with Gasteiger partial charge in [-0.3, -0.25) is 4.79 Å². The maximum atomic E-state index is 11.4. The molecule has 4 nitrogen and oxygen atoms in total. The number of hydrogen-bond donors (Lipinski definition) is 0. The van der Waals surface area contributed by atoms with E-state index in [1.807, 2.05) is 6.07 Å². The monoisotopic (exact) mass is 205 g/mol. The lowest BCUT2D eigenvalue weighted by Crippen LogP contribution is -2.23. The van der Waals surface area contributed by atoms with E-state index in [1.54, 1.807) is 25.3 Å². The summed E-state index contributed by atoms with van der Waals surface area (Å²) in [6, 6.07) is 8.64. The highest BCUT2D eigenvalue weighted by atomic mass is 16.6. The van der Waals surface area contributed by atoms with E-state index in [1.165, 1.54) is 17.9 Å². The number of pyridine rings is 1. The summed E-state index contributed by atoms with van der Waals surface area (Å²) >= 11 is 0. The van der Waals surface area contributed by atoms with Gasteiger partial charge in [0.1, 0.15) is 12.9 Å². The summed E-state index contributed by atoms with van der Waals surface area (Å²) in [5, 5.41) is 0.899. The quantitative estimate of drug-likeness (QED) is 0.736. The summed E-state index contributed by atoms with van der Waals surface area (Å²) in [6.07, 6.45) is 0. The molecule has 1 aromatic carbocycles. The Morgan fingerprint density at radius 3 is 2.60 bits per heavy atom. The Hall–Kier alpha value is -1.97. The molecule has 1 aromatic heterocycles. The second-order valence-electron chi connectivity index (χ2n) is 3.07. The van der Waals surface area contributed by atoms with Gasteiger partial charge >= 0.3 is 0 Å². The molecule has 0 amide bonds. The van der Waals surface area contributed by atoms with Crippen molar-refractivity contribution in [3.63, 3.8) is 0 Å². The van der Waals surface area contributed by atoms with Gasteiger partial charge in [-0.1, -0.05) is 0 Å². The molecule has 0 fully saturated rings. The summed E-state index contributed by atoms with van der Waals surface area (Å²) in [4.78, 5) is 16.4. The molecule has 0 saturated heterocycles. The van der Waals surface area contributed by atoms with Crippen LogP contribution < -0.4 is 15.1 Å². The Morgan fingerprint density at radius 1 is 1.13 bits per heavy atom. The lowest BCUT2D eigenvalue weighted by molar-refractivity contribution is 0.169. The molecule has 4 heteroatoms. The summed E-state index contributed by atoms with van der Waals surface area (Å²) in [6.45, 7) is 0. The first-order valence-corrected chi connectivity index (χ1v) is 4.50. The van der Waals surface area contributed by atoms with Crippen molar-refractivity contribution in [2.45, 2.75) is 0 Å². The van der Waals surface area contributed by atoms with Crippen molar-refractivity contribution in [1.29, 1.82) is 0 Å². The van der Waals surface area contributed by atoms with Crippen LogP contribution in [0.15, 0.2) is 35.1 Å². The second kappa shape index (κ2) is 3.65. The molecule has 0 atom stereocenters. The summed E-state index contributed by atoms with van der Waals surface area (Å²) in [5.74, 6) is 0.754. The number of aromatic nitrogens is 1. The van der Waals surface area contributed by atoms with E-state index in [0.717, 1.165) is 16.7 Å². The van der Waals surface area contributed by atoms with Gasteiger partial charge in [-0.2, -0.15) is 0 Å². The Labute approximate surface area is 86.6 Å². The number of hydrogen-bond acceptors (Lipinski definition) is 3. The highest BCUT2D eigenvalue weighted by molar-refractivity contribution is 5.80. The zero-order valence-electron chi connectivity index (χ0n) is 8.56. The fourth-order valence-electron chi connectivity index (χ4n) is 1.51. The van der Waals surface area contributed by atoms with E-state index < -0.39 is 0 Å². The van der Waals surface area contributed by atoms with Crippen LogP contribution in [0.25, 0.3) is 10.9 Å². The number of benzene rings is 1. The maximum absolute atomic E-state index is 11.4. The van der Waals surface area contributed by atoms with Gasteiger partial charge < -0.3 is 9.57 Å². The fourth-order valence-corrected chi connectivity index (χ4v) is 1.51. The van der Waals surface area contributed by atoms with Crippen LogP contribution >= 0.6 is 0 Å². The predicted molar refractivity (Wildman–Crippen MR) is 57.3 cm³/mol. The average molecular weight is 205 g/mol. The first-order chi connectivity index (χ1) is 7.26. The van der Waals surface area contributed by atoms with Gasteiger partial charge in [0.2, 0.25) is 0 Å². The SMILES string of the molecule is COc1ccc2c(ccc(=O)n2OC)c1. The third-order valence-electron chi connectivity index (χ3n) is 2.24. The van der Waals surface area contributed by atoms with Crippen LogP contribution in [-0.4, -0.2) is 19.0 Å². The lowest BCUT2D eigenvalue weighted by Gasteiger charge is -2.08. The average Bonchev–Trinajstić information content (AvgIpc) is 2.28.